The van der Waals surface area contributed by atoms with Crippen molar-refractivity contribution in [3.05, 3.63) is 61.9 Å². The topological polar surface area (TPSA) is 268 Å². The number of pyridine rings is 1. The molecule has 0 aliphatic carbocycles. The fourth-order valence-electron chi connectivity index (χ4n) is 4.14. The van der Waals surface area contributed by atoms with Gasteiger partial charge in [-0.1, -0.05) is 10.3 Å². The van der Waals surface area contributed by atoms with Gasteiger partial charge in [0.2, 0.25) is 0 Å². The number of anilines is 1. The number of carbonyl (C=O) groups is 4. The minimum atomic E-state index is -1.39. The molecule has 0 bridgehead atoms. The Morgan fingerprint density at radius 2 is 2.00 bits per heavy atom. The largest absolute Gasteiger partial charge is 1.00 e. The van der Waals surface area contributed by atoms with Crippen molar-refractivity contribution in [2.75, 3.05) is 18.1 Å². The van der Waals surface area contributed by atoms with E-state index in [1.165, 1.54) is 30.1 Å². The molecule has 46 heavy (non-hydrogen) atoms. The Labute approximate surface area is 310 Å². The van der Waals surface area contributed by atoms with Crippen LogP contribution in [0.15, 0.2) is 49.5 Å². The molecule has 3 aromatic rings. The van der Waals surface area contributed by atoms with Crippen LogP contribution in [0, 0.1) is 5.21 Å². The van der Waals surface area contributed by atoms with Crippen molar-refractivity contribution >= 4 is 57.7 Å². The van der Waals surface area contributed by atoms with Gasteiger partial charge in [-0.3, -0.25) is 24.1 Å². The fraction of sp³-hybridized carbons (Fsp3) is 0.250. The zero-order valence-corrected chi connectivity index (χ0v) is 29.9. The summed E-state index contributed by atoms with van der Waals surface area (Å²) in [6.07, 6.45) is 0.565. The van der Waals surface area contributed by atoms with E-state index in [0.29, 0.717) is 6.20 Å². The Morgan fingerprint density at radius 1 is 1.26 bits per heavy atom. The van der Waals surface area contributed by atoms with Crippen molar-refractivity contribution in [1.29, 1.82) is 0 Å². The Morgan fingerprint density at radius 3 is 2.65 bits per heavy atom. The van der Waals surface area contributed by atoms with E-state index in [-0.39, 0.29) is 121 Å². The molecule has 22 heteroatoms. The van der Waals surface area contributed by atoms with Crippen molar-refractivity contribution in [3.8, 4) is 17.1 Å². The van der Waals surface area contributed by atoms with Crippen molar-refractivity contribution in [3.63, 3.8) is 0 Å². The second-order valence-corrected chi connectivity index (χ2v) is 11.1. The average molecular weight is 692 g/mol. The number of aromatic nitrogens is 3. The van der Waals surface area contributed by atoms with Crippen molar-refractivity contribution < 1.29 is 103 Å². The Bertz CT molecular complexity index is 1810. The summed E-state index contributed by atoms with van der Waals surface area (Å²) in [5.41, 5.74) is 4.07. The number of nitrogens with zero attached hydrogens (tertiary/aromatic N) is 5. The van der Waals surface area contributed by atoms with Gasteiger partial charge in [-0.25, -0.2) is 9.78 Å². The minimum Gasteiger partial charge on any atom is -0.869 e. The monoisotopic (exact) mass is 691 g/mol. The molecule has 5 heterocycles. The Balaban J connectivity index is 0.00000288. The molecule has 0 unspecified atom stereocenters. The normalized spacial score (nSPS) is 17.2. The first kappa shape index (κ1) is 37.1. The quantitative estimate of drug-likeness (QED) is 0.0586. The number of thiazole rings is 1. The summed E-state index contributed by atoms with van der Waals surface area (Å²) in [5, 5.41) is 43.9. The van der Waals surface area contributed by atoms with Gasteiger partial charge in [0.25, 0.3) is 11.8 Å². The number of carbonyl (C=O) groups excluding carboxylic acids is 3. The molecule has 0 spiro atoms. The molecular weight excluding hydrogens is 672 g/mol. The predicted octanol–water partition coefficient (Wildman–Crippen LogP) is -6.81. The Hall–Kier alpha value is -3.37. The van der Waals surface area contributed by atoms with Crippen LogP contribution in [0.3, 0.4) is 0 Å². The van der Waals surface area contributed by atoms with Crippen LogP contribution in [0.5, 0.6) is 5.75 Å². The zero-order valence-electron chi connectivity index (χ0n) is 24.2. The number of fused-ring (bicyclic) bond motifs is 1. The molecule has 1 fully saturated rings. The van der Waals surface area contributed by atoms with Crippen LogP contribution in [-0.4, -0.2) is 78.1 Å². The molecule has 2 aliphatic heterocycles. The summed E-state index contributed by atoms with van der Waals surface area (Å²) in [7, 11) is 0. The van der Waals surface area contributed by atoms with Gasteiger partial charge >= 0.3 is 71.1 Å². The van der Waals surface area contributed by atoms with Gasteiger partial charge in [-0.05, 0) is 11.9 Å². The van der Waals surface area contributed by atoms with E-state index >= 15 is 0 Å². The van der Waals surface area contributed by atoms with E-state index in [2.05, 4.69) is 20.6 Å². The van der Waals surface area contributed by atoms with E-state index in [9.17, 15) is 39.4 Å². The number of thioether (sulfide) groups is 1. The number of nitrogens with two attached hydrogens (primary N) is 1. The van der Waals surface area contributed by atoms with Gasteiger partial charge in [0.05, 0.1) is 5.69 Å². The number of oxime groups is 1. The average Bonchev–Trinajstić information content (AvgIpc) is 3.62. The number of nitrogen functional groups attached to an aromatic ring is 1. The number of β-lactam (4-membered cyclic amide) rings is 1. The zero-order chi connectivity index (χ0) is 31.7. The summed E-state index contributed by atoms with van der Waals surface area (Å²) >= 11 is 2.18. The van der Waals surface area contributed by atoms with Gasteiger partial charge < -0.3 is 45.3 Å². The second kappa shape index (κ2) is 15.5. The minimum absolute atomic E-state index is 0. The summed E-state index contributed by atoms with van der Waals surface area (Å²) in [5.74, 6) is -4.42. The van der Waals surface area contributed by atoms with E-state index in [4.69, 9.17) is 19.8 Å². The number of rotatable bonds is 10. The fourth-order valence-corrected chi connectivity index (χ4v) is 6.02. The molecule has 2 aliphatic rings. The van der Waals surface area contributed by atoms with E-state index in [1.807, 2.05) is 0 Å². The number of hydrogen-bond acceptors (Lipinski definition) is 16. The standard InChI is InChI=1S/C24H20N7O11S2.2Na/c1-9(32)40-5-10-7-43-22-18(21(36)31(22)19(10)23(37)38)27-20(35)17(13-8-44-24(25)26-13)29-41-6-11-2-12(28-42-11)14-3-15(33)16(34)4-30(14)39;;/h2-4,8,18,22,34H,5-7H2,1H3,(H2,25,26)(H,27,35)(H,37,38);;/q-1;2*+1/p-1/b29-17-;;/t18-,22-;;/m1../s1. The molecule has 2 atom stereocenters. The first-order valence-corrected chi connectivity index (χ1v) is 14.2. The number of nitrogens with one attached hydrogen (secondary N) is 1. The maximum Gasteiger partial charge on any atom is 1.00 e. The van der Waals surface area contributed by atoms with Crippen LogP contribution in [-0.2, 0) is 35.4 Å². The Kier molecular flexibility index (Phi) is 12.5. The third-order valence-corrected chi connectivity index (χ3v) is 8.15. The summed E-state index contributed by atoms with van der Waals surface area (Å²) < 4.78 is 10.2. The number of ether oxygens (including phenoxy) is 1. The number of esters is 1. The number of hydrogen-bond donors (Lipinski definition) is 3. The predicted molar refractivity (Wildman–Crippen MR) is 149 cm³/mol. The van der Waals surface area contributed by atoms with E-state index in [1.54, 1.807) is 0 Å². The molecular formula is C24H19N7Na2O11S2. The molecule has 4 N–H and O–H groups in total. The smallest absolute Gasteiger partial charge is 0.869 e. The van der Waals surface area contributed by atoms with Gasteiger partial charge in [-0.2, -0.15) is 0 Å². The van der Waals surface area contributed by atoms with Crippen LogP contribution < -0.4 is 80.7 Å². The number of carboxylic acids is 1. The molecule has 0 aromatic carbocycles. The molecule has 18 nitrogen and oxygen atoms in total. The van der Waals surface area contributed by atoms with Crippen molar-refractivity contribution in [1.82, 2.24) is 25.1 Å². The second-order valence-electron chi connectivity index (χ2n) is 9.07. The first-order chi connectivity index (χ1) is 20.9. The maximum absolute atomic E-state index is 13.3. The molecule has 1 saturated heterocycles. The van der Waals surface area contributed by atoms with Gasteiger partial charge in [0, 0.05) is 35.8 Å². The van der Waals surface area contributed by atoms with Crippen molar-refractivity contribution in [2.45, 2.75) is 24.9 Å². The van der Waals surface area contributed by atoms with Crippen LogP contribution >= 0.6 is 23.1 Å². The molecule has 5 rings (SSSR count). The third-order valence-electron chi connectivity index (χ3n) is 6.13. The van der Waals surface area contributed by atoms with Crippen LogP contribution in [0.1, 0.15) is 18.4 Å². The number of amides is 2. The van der Waals surface area contributed by atoms with Crippen LogP contribution in [0.25, 0.3) is 11.4 Å². The molecule has 0 saturated carbocycles. The van der Waals surface area contributed by atoms with Gasteiger partial charge in [0.15, 0.2) is 28.6 Å². The van der Waals surface area contributed by atoms with Gasteiger partial charge in [-0.15, -0.1) is 23.1 Å². The molecule has 3 aromatic heterocycles. The number of aliphatic carboxylic acids is 1. The molecule has 230 valence electrons. The van der Waals surface area contributed by atoms with E-state index < -0.39 is 53.0 Å². The third kappa shape index (κ3) is 7.77. The SMILES string of the molecule is CC(=O)OCC1=C(C(=O)O)N2C(=O)[C@@H](NC(=O)/C(=N\OCc3cc(-c4cc(=O)c([O-])cn4[O-])no3)c3csc(N)n3)[C@H]2SC1.[Na+].[Na+]. The summed E-state index contributed by atoms with van der Waals surface area (Å²) in [4.78, 5) is 71.3. The van der Waals surface area contributed by atoms with Crippen LogP contribution in [0.4, 0.5) is 5.13 Å². The van der Waals surface area contributed by atoms with Crippen molar-refractivity contribution in [2.24, 2.45) is 5.16 Å². The molecule has 2 amide bonds. The van der Waals surface area contributed by atoms with Gasteiger partial charge in [0.1, 0.15) is 35.1 Å². The summed E-state index contributed by atoms with van der Waals surface area (Å²) in [6.45, 7) is 0.468. The first-order valence-electron chi connectivity index (χ1n) is 12.3. The maximum atomic E-state index is 13.3. The summed E-state index contributed by atoms with van der Waals surface area (Å²) in [6, 6.07) is 0.948. The number of carboxylic acid groups (broad SMARTS) is 1. The molecule has 0 radical (unpaired) electrons. The van der Waals surface area contributed by atoms with Crippen LogP contribution in [0.2, 0.25) is 0 Å². The van der Waals surface area contributed by atoms with E-state index in [0.717, 1.165) is 22.3 Å².